The lowest BCUT2D eigenvalue weighted by Crippen LogP contribution is -2.40. The fourth-order valence-corrected chi connectivity index (χ4v) is 3.93. The Hall–Kier alpha value is -1.09. The van der Waals surface area contributed by atoms with Crippen molar-refractivity contribution in [1.82, 2.24) is 10.3 Å². The number of rotatable bonds is 3. The molecule has 1 aromatic rings. The summed E-state index contributed by atoms with van der Waals surface area (Å²) in [7, 11) is 0. The summed E-state index contributed by atoms with van der Waals surface area (Å²) in [5.41, 5.74) is 0.583. The predicted molar refractivity (Wildman–Crippen MR) is 75.1 cm³/mol. The maximum absolute atomic E-state index is 12.1. The average molecular weight is 279 g/mol. The minimum absolute atomic E-state index is 0.0422. The summed E-state index contributed by atoms with van der Waals surface area (Å²) < 4.78 is 0. The molecule has 0 radical (unpaired) electrons. The van der Waals surface area contributed by atoms with Gasteiger partial charge in [0.05, 0.1) is 5.56 Å². The first-order valence-electron chi connectivity index (χ1n) is 7.06. The molecule has 4 heteroatoms. The molecule has 19 heavy (non-hydrogen) atoms. The second kappa shape index (κ2) is 5.12. The quantitative estimate of drug-likeness (QED) is 0.862. The third-order valence-corrected chi connectivity index (χ3v) is 5.01. The summed E-state index contributed by atoms with van der Waals surface area (Å²) in [6.07, 6.45) is 6.92. The lowest BCUT2D eigenvalue weighted by atomic mass is 9.84. The minimum atomic E-state index is -0.0422. The van der Waals surface area contributed by atoms with Crippen LogP contribution in [0.25, 0.3) is 0 Å². The third-order valence-electron chi connectivity index (χ3n) is 4.78. The number of hydrogen-bond acceptors (Lipinski definition) is 2. The van der Waals surface area contributed by atoms with E-state index in [1.54, 1.807) is 12.1 Å². The topological polar surface area (TPSA) is 42.0 Å². The molecule has 0 spiro atoms. The second-order valence-electron chi connectivity index (χ2n) is 5.97. The van der Waals surface area contributed by atoms with Crippen LogP contribution in [0.4, 0.5) is 0 Å². The van der Waals surface area contributed by atoms with Gasteiger partial charge in [-0.25, -0.2) is 4.98 Å². The zero-order chi connectivity index (χ0) is 13.4. The van der Waals surface area contributed by atoms with Gasteiger partial charge in [-0.1, -0.05) is 18.0 Å². The van der Waals surface area contributed by atoms with E-state index in [4.69, 9.17) is 11.6 Å². The molecule has 3 rings (SSSR count). The molecule has 2 saturated carbocycles. The summed E-state index contributed by atoms with van der Waals surface area (Å²) in [5.74, 6) is 2.34. The van der Waals surface area contributed by atoms with Crippen LogP contribution in [0.3, 0.4) is 0 Å². The Kier molecular flexibility index (Phi) is 3.48. The van der Waals surface area contributed by atoms with E-state index in [0.29, 0.717) is 16.6 Å². The summed E-state index contributed by atoms with van der Waals surface area (Å²) in [6, 6.07) is 3.62. The summed E-state index contributed by atoms with van der Waals surface area (Å²) in [4.78, 5) is 16.1. The standard InChI is InChI=1S/C15H19ClN2O/c1-9(13-7-10-2-3-11(13)6-10)18-15(19)12-4-5-14(16)17-8-12/h4-5,8-11,13H,2-3,6-7H2,1H3,(H,18,19). The molecule has 1 heterocycles. The summed E-state index contributed by atoms with van der Waals surface area (Å²) in [6.45, 7) is 2.13. The zero-order valence-corrected chi connectivity index (χ0v) is 11.9. The molecule has 4 unspecified atom stereocenters. The van der Waals surface area contributed by atoms with E-state index in [9.17, 15) is 4.79 Å². The Morgan fingerprint density at radius 2 is 2.26 bits per heavy atom. The molecule has 102 valence electrons. The highest BCUT2D eigenvalue weighted by Gasteiger charge is 2.42. The van der Waals surface area contributed by atoms with E-state index < -0.39 is 0 Å². The molecule has 0 aromatic carbocycles. The van der Waals surface area contributed by atoms with Crippen LogP contribution in [-0.4, -0.2) is 16.9 Å². The van der Waals surface area contributed by atoms with Gasteiger partial charge in [0.15, 0.2) is 0 Å². The first-order chi connectivity index (χ1) is 9.13. The van der Waals surface area contributed by atoms with Crippen molar-refractivity contribution in [2.24, 2.45) is 17.8 Å². The molecule has 2 fully saturated rings. The van der Waals surface area contributed by atoms with Crippen molar-refractivity contribution in [3.63, 3.8) is 0 Å². The van der Waals surface area contributed by atoms with Gasteiger partial charge >= 0.3 is 0 Å². The van der Waals surface area contributed by atoms with Gasteiger partial charge in [0.2, 0.25) is 0 Å². The number of nitrogens with zero attached hydrogens (tertiary/aromatic N) is 1. The number of carbonyl (C=O) groups is 1. The highest BCUT2D eigenvalue weighted by atomic mass is 35.5. The van der Waals surface area contributed by atoms with Crippen LogP contribution < -0.4 is 5.32 Å². The largest absolute Gasteiger partial charge is 0.349 e. The Morgan fingerprint density at radius 1 is 1.42 bits per heavy atom. The third kappa shape index (κ3) is 2.62. The molecular formula is C15H19ClN2O. The molecule has 2 aliphatic carbocycles. The Bertz CT molecular complexity index is 474. The number of fused-ring (bicyclic) bond motifs is 2. The van der Waals surface area contributed by atoms with Crippen LogP contribution in [0.2, 0.25) is 5.15 Å². The van der Waals surface area contributed by atoms with Crippen LogP contribution in [0.1, 0.15) is 43.0 Å². The molecule has 2 bridgehead atoms. The van der Waals surface area contributed by atoms with Crippen molar-refractivity contribution >= 4 is 17.5 Å². The van der Waals surface area contributed by atoms with Gasteiger partial charge in [0.25, 0.3) is 5.91 Å². The van der Waals surface area contributed by atoms with Crippen molar-refractivity contribution in [2.45, 2.75) is 38.6 Å². The molecule has 0 aliphatic heterocycles. The van der Waals surface area contributed by atoms with Gasteiger partial charge < -0.3 is 5.32 Å². The van der Waals surface area contributed by atoms with E-state index >= 15 is 0 Å². The Morgan fingerprint density at radius 3 is 2.84 bits per heavy atom. The average Bonchev–Trinajstić information content (AvgIpc) is 3.01. The van der Waals surface area contributed by atoms with Crippen LogP contribution in [0, 0.1) is 17.8 Å². The normalized spacial score (nSPS) is 30.3. The van der Waals surface area contributed by atoms with E-state index in [0.717, 1.165) is 11.8 Å². The molecule has 1 N–H and O–H groups in total. The number of hydrogen-bond donors (Lipinski definition) is 1. The molecule has 0 saturated heterocycles. The number of aromatic nitrogens is 1. The van der Waals surface area contributed by atoms with Gasteiger partial charge in [-0.3, -0.25) is 4.79 Å². The van der Waals surface area contributed by atoms with Crippen LogP contribution in [0.5, 0.6) is 0 Å². The van der Waals surface area contributed by atoms with Crippen molar-refractivity contribution < 1.29 is 4.79 Å². The van der Waals surface area contributed by atoms with E-state index in [2.05, 4.69) is 17.2 Å². The van der Waals surface area contributed by atoms with E-state index in [1.165, 1.54) is 31.9 Å². The fraction of sp³-hybridized carbons (Fsp3) is 0.600. The smallest absolute Gasteiger partial charge is 0.253 e. The van der Waals surface area contributed by atoms with Crippen molar-refractivity contribution in [1.29, 1.82) is 0 Å². The number of nitrogens with one attached hydrogen (secondary N) is 1. The monoisotopic (exact) mass is 278 g/mol. The Labute approximate surface area is 118 Å². The van der Waals surface area contributed by atoms with Crippen LogP contribution >= 0.6 is 11.6 Å². The zero-order valence-electron chi connectivity index (χ0n) is 11.1. The second-order valence-corrected chi connectivity index (χ2v) is 6.36. The minimum Gasteiger partial charge on any atom is -0.349 e. The molecule has 3 nitrogen and oxygen atoms in total. The van der Waals surface area contributed by atoms with Gasteiger partial charge in [0, 0.05) is 12.2 Å². The van der Waals surface area contributed by atoms with Crippen molar-refractivity contribution in [2.75, 3.05) is 0 Å². The lowest BCUT2D eigenvalue weighted by Gasteiger charge is -2.28. The first kappa shape index (κ1) is 12.9. The number of carbonyl (C=O) groups excluding carboxylic acids is 1. The first-order valence-corrected chi connectivity index (χ1v) is 7.43. The van der Waals surface area contributed by atoms with Crippen molar-refractivity contribution in [3.8, 4) is 0 Å². The van der Waals surface area contributed by atoms with Gasteiger partial charge in [-0.2, -0.15) is 0 Å². The molecule has 1 aromatic heterocycles. The summed E-state index contributed by atoms with van der Waals surface area (Å²) >= 11 is 5.73. The lowest BCUT2D eigenvalue weighted by molar-refractivity contribution is 0.0915. The van der Waals surface area contributed by atoms with Gasteiger partial charge in [0.1, 0.15) is 5.15 Å². The maximum Gasteiger partial charge on any atom is 0.253 e. The number of pyridine rings is 1. The van der Waals surface area contributed by atoms with Gasteiger partial charge in [-0.15, -0.1) is 0 Å². The number of halogens is 1. The maximum atomic E-state index is 12.1. The molecule has 4 atom stereocenters. The van der Waals surface area contributed by atoms with Crippen LogP contribution in [0.15, 0.2) is 18.3 Å². The fourth-order valence-electron chi connectivity index (χ4n) is 3.81. The van der Waals surface area contributed by atoms with Crippen LogP contribution in [-0.2, 0) is 0 Å². The number of amides is 1. The molecule has 1 amide bonds. The predicted octanol–water partition coefficient (Wildman–Crippen LogP) is 3.29. The van der Waals surface area contributed by atoms with E-state index in [1.807, 2.05) is 0 Å². The van der Waals surface area contributed by atoms with E-state index in [-0.39, 0.29) is 11.9 Å². The molecular weight excluding hydrogens is 260 g/mol. The molecule has 2 aliphatic rings. The van der Waals surface area contributed by atoms with Crippen molar-refractivity contribution in [3.05, 3.63) is 29.0 Å². The highest BCUT2D eigenvalue weighted by Crippen LogP contribution is 2.49. The highest BCUT2D eigenvalue weighted by molar-refractivity contribution is 6.29. The SMILES string of the molecule is CC(NC(=O)c1ccc(Cl)nc1)C1CC2CCC1C2. The van der Waals surface area contributed by atoms with Gasteiger partial charge in [-0.05, 0) is 56.1 Å². The Balaban J connectivity index is 1.61. The summed E-state index contributed by atoms with van der Waals surface area (Å²) in [5, 5.41) is 3.53.